The predicted molar refractivity (Wildman–Crippen MR) is 97.0 cm³/mol. The van der Waals surface area contributed by atoms with Crippen molar-refractivity contribution < 1.29 is 19.1 Å². The van der Waals surface area contributed by atoms with Crippen LogP contribution in [0.15, 0.2) is 29.6 Å². The number of carbonyl (C=O) groups is 2. The van der Waals surface area contributed by atoms with Crippen LogP contribution in [0.4, 0.5) is 5.13 Å². The fourth-order valence-electron chi connectivity index (χ4n) is 2.07. The summed E-state index contributed by atoms with van der Waals surface area (Å²) in [6.45, 7) is 4.48. The number of thiazole rings is 1. The van der Waals surface area contributed by atoms with E-state index < -0.39 is 0 Å². The lowest BCUT2D eigenvalue weighted by molar-refractivity contribution is -0.142. The van der Waals surface area contributed by atoms with Crippen molar-refractivity contribution >= 4 is 28.3 Å². The number of nitrogens with zero attached hydrogens (tertiary/aromatic N) is 1. The quantitative estimate of drug-likeness (QED) is 0.693. The molecule has 0 aliphatic carbocycles. The van der Waals surface area contributed by atoms with Crippen molar-refractivity contribution in [3.05, 3.63) is 40.9 Å². The van der Waals surface area contributed by atoms with Gasteiger partial charge in [-0.25, -0.2) is 4.98 Å². The highest BCUT2D eigenvalue weighted by atomic mass is 32.1. The molecule has 0 bridgehead atoms. The number of benzene rings is 1. The van der Waals surface area contributed by atoms with Crippen LogP contribution in [0.2, 0.25) is 0 Å². The van der Waals surface area contributed by atoms with Gasteiger partial charge in [-0.1, -0.05) is 19.1 Å². The standard InChI is InChI=1S/C18H22N2O4S/c1-3-13-5-7-15(8-6-13)24-10-9-16(21)20-18-19-14(12-25-18)11-17(22)23-4-2/h5-8,12H,3-4,9-11H2,1-2H3,(H,19,20,21). The van der Waals surface area contributed by atoms with E-state index in [1.165, 1.54) is 16.9 Å². The van der Waals surface area contributed by atoms with Gasteiger partial charge in [-0.05, 0) is 31.0 Å². The van der Waals surface area contributed by atoms with Crippen molar-refractivity contribution in [3.8, 4) is 5.75 Å². The molecule has 6 nitrogen and oxygen atoms in total. The molecule has 0 aliphatic heterocycles. The highest BCUT2D eigenvalue weighted by Crippen LogP contribution is 2.17. The van der Waals surface area contributed by atoms with Gasteiger partial charge in [-0.2, -0.15) is 0 Å². The smallest absolute Gasteiger partial charge is 0.311 e. The number of nitrogens with one attached hydrogen (secondary N) is 1. The second-order valence-electron chi connectivity index (χ2n) is 5.27. The number of aromatic nitrogens is 1. The van der Waals surface area contributed by atoms with E-state index in [0.717, 1.165) is 12.2 Å². The van der Waals surface area contributed by atoms with E-state index >= 15 is 0 Å². The molecule has 0 unspecified atom stereocenters. The molecule has 0 aliphatic rings. The Morgan fingerprint density at radius 3 is 2.64 bits per heavy atom. The Balaban J connectivity index is 1.72. The van der Waals surface area contributed by atoms with Crippen LogP contribution in [-0.4, -0.2) is 30.1 Å². The average Bonchev–Trinajstić information content (AvgIpc) is 3.02. The minimum atomic E-state index is -0.326. The second-order valence-corrected chi connectivity index (χ2v) is 6.13. The first-order valence-electron chi connectivity index (χ1n) is 8.22. The fraction of sp³-hybridized carbons (Fsp3) is 0.389. The lowest BCUT2D eigenvalue weighted by atomic mass is 10.2. The molecular weight excluding hydrogens is 340 g/mol. The van der Waals surface area contributed by atoms with Gasteiger partial charge in [-0.15, -0.1) is 11.3 Å². The van der Waals surface area contributed by atoms with Crippen LogP contribution in [0.25, 0.3) is 0 Å². The molecule has 0 fully saturated rings. The molecular formula is C18H22N2O4S. The zero-order chi connectivity index (χ0) is 18.1. The number of hydrogen-bond acceptors (Lipinski definition) is 6. The third-order valence-corrected chi connectivity index (χ3v) is 4.16. The first kappa shape index (κ1) is 18.9. The summed E-state index contributed by atoms with van der Waals surface area (Å²) >= 11 is 1.28. The van der Waals surface area contributed by atoms with E-state index in [1.54, 1.807) is 12.3 Å². The van der Waals surface area contributed by atoms with Crippen LogP contribution < -0.4 is 10.1 Å². The number of amides is 1. The number of esters is 1. The summed E-state index contributed by atoms with van der Waals surface area (Å²) in [6.07, 6.45) is 1.31. The highest BCUT2D eigenvalue weighted by molar-refractivity contribution is 7.13. The molecule has 1 aromatic heterocycles. The van der Waals surface area contributed by atoms with Crippen molar-refractivity contribution in [2.75, 3.05) is 18.5 Å². The lowest BCUT2D eigenvalue weighted by Crippen LogP contribution is -2.15. The summed E-state index contributed by atoms with van der Waals surface area (Å²) in [5, 5.41) is 4.91. The van der Waals surface area contributed by atoms with Crippen LogP contribution >= 0.6 is 11.3 Å². The third kappa shape index (κ3) is 6.54. The van der Waals surface area contributed by atoms with E-state index in [1.807, 2.05) is 24.3 Å². The average molecular weight is 362 g/mol. The molecule has 0 radical (unpaired) electrons. The summed E-state index contributed by atoms with van der Waals surface area (Å²) in [6, 6.07) is 7.82. The molecule has 2 aromatic rings. The molecule has 2 rings (SSSR count). The van der Waals surface area contributed by atoms with E-state index in [0.29, 0.717) is 24.0 Å². The molecule has 0 spiro atoms. The molecule has 25 heavy (non-hydrogen) atoms. The van der Waals surface area contributed by atoms with Gasteiger partial charge in [0.25, 0.3) is 0 Å². The van der Waals surface area contributed by atoms with Gasteiger partial charge in [0, 0.05) is 5.38 Å². The third-order valence-electron chi connectivity index (χ3n) is 3.36. The zero-order valence-corrected chi connectivity index (χ0v) is 15.2. The van der Waals surface area contributed by atoms with Gasteiger partial charge >= 0.3 is 5.97 Å². The van der Waals surface area contributed by atoms with Crippen LogP contribution in [0.1, 0.15) is 31.5 Å². The normalized spacial score (nSPS) is 10.3. The number of ether oxygens (including phenoxy) is 2. The number of hydrogen-bond donors (Lipinski definition) is 1. The van der Waals surface area contributed by atoms with Gasteiger partial charge < -0.3 is 14.8 Å². The predicted octanol–water partition coefficient (Wildman–Crippen LogP) is 3.22. The van der Waals surface area contributed by atoms with E-state index in [2.05, 4.69) is 17.2 Å². The molecule has 1 aromatic carbocycles. The maximum absolute atomic E-state index is 11.9. The Hall–Kier alpha value is -2.41. The Morgan fingerprint density at radius 1 is 1.20 bits per heavy atom. The van der Waals surface area contributed by atoms with Crippen LogP contribution in [0.5, 0.6) is 5.75 Å². The van der Waals surface area contributed by atoms with Gasteiger partial charge in [0.05, 0.1) is 31.7 Å². The van der Waals surface area contributed by atoms with E-state index in [-0.39, 0.29) is 24.7 Å². The largest absolute Gasteiger partial charge is 0.493 e. The van der Waals surface area contributed by atoms with E-state index in [9.17, 15) is 9.59 Å². The molecule has 134 valence electrons. The Morgan fingerprint density at radius 2 is 1.96 bits per heavy atom. The SMILES string of the molecule is CCOC(=O)Cc1csc(NC(=O)CCOc2ccc(CC)cc2)n1. The molecule has 0 atom stereocenters. The van der Waals surface area contributed by atoms with Crippen molar-refractivity contribution in [1.82, 2.24) is 4.98 Å². The molecule has 0 saturated carbocycles. The van der Waals surface area contributed by atoms with Gasteiger partial charge in [-0.3, -0.25) is 9.59 Å². The monoisotopic (exact) mass is 362 g/mol. The summed E-state index contributed by atoms with van der Waals surface area (Å²) in [5.74, 6) is 0.242. The van der Waals surface area contributed by atoms with Crippen molar-refractivity contribution in [3.63, 3.8) is 0 Å². The number of aryl methyl sites for hydroxylation is 1. The van der Waals surface area contributed by atoms with Crippen LogP contribution in [0.3, 0.4) is 0 Å². The molecule has 1 amide bonds. The van der Waals surface area contributed by atoms with Crippen molar-refractivity contribution in [1.29, 1.82) is 0 Å². The number of anilines is 1. The summed E-state index contributed by atoms with van der Waals surface area (Å²) in [5.41, 5.74) is 1.83. The lowest BCUT2D eigenvalue weighted by Gasteiger charge is -2.06. The molecule has 1 N–H and O–H groups in total. The van der Waals surface area contributed by atoms with E-state index in [4.69, 9.17) is 9.47 Å². The second kappa shape index (κ2) is 9.78. The summed E-state index contributed by atoms with van der Waals surface area (Å²) in [7, 11) is 0. The van der Waals surface area contributed by atoms with Crippen molar-refractivity contribution in [2.45, 2.75) is 33.1 Å². The first-order chi connectivity index (χ1) is 12.1. The zero-order valence-electron chi connectivity index (χ0n) is 14.4. The maximum Gasteiger partial charge on any atom is 0.311 e. The summed E-state index contributed by atoms with van der Waals surface area (Å²) in [4.78, 5) is 27.5. The van der Waals surface area contributed by atoms with Gasteiger partial charge in [0.2, 0.25) is 5.91 Å². The Kier molecular flexibility index (Phi) is 7.40. The Labute approximate surface area is 151 Å². The summed E-state index contributed by atoms with van der Waals surface area (Å²) < 4.78 is 10.4. The maximum atomic E-state index is 11.9. The first-order valence-corrected chi connectivity index (χ1v) is 9.10. The Bertz CT molecular complexity index is 697. The molecule has 7 heteroatoms. The minimum absolute atomic E-state index is 0.108. The van der Waals surface area contributed by atoms with Crippen LogP contribution in [-0.2, 0) is 27.2 Å². The van der Waals surface area contributed by atoms with Gasteiger partial charge in [0.15, 0.2) is 5.13 Å². The fourth-order valence-corrected chi connectivity index (χ4v) is 2.80. The minimum Gasteiger partial charge on any atom is -0.493 e. The molecule has 1 heterocycles. The van der Waals surface area contributed by atoms with Crippen molar-refractivity contribution in [2.24, 2.45) is 0 Å². The number of rotatable bonds is 9. The van der Waals surface area contributed by atoms with Crippen LogP contribution in [0, 0.1) is 0 Å². The molecule has 0 saturated heterocycles. The van der Waals surface area contributed by atoms with Gasteiger partial charge in [0.1, 0.15) is 5.75 Å². The highest BCUT2D eigenvalue weighted by Gasteiger charge is 2.10. The topological polar surface area (TPSA) is 77.5 Å². The number of carbonyl (C=O) groups excluding carboxylic acids is 2.